The molecule has 3 aromatic carbocycles. The monoisotopic (exact) mass is 446 g/mol. The molecule has 34 heavy (non-hydrogen) atoms. The van der Waals surface area contributed by atoms with E-state index in [4.69, 9.17) is 4.74 Å². The van der Waals surface area contributed by atoms with Crippen molar-refractivity contribution in [3.63, 3.8) is 0 Å². The predicted octanol–water partition coefficient (Wildman–Crippen LogP) is 6.44. The fourth-order valence-electron chi connectivity index (χ4n) is 6.00. The van der Waals surface area contributed by atoms with Gasteiger partial charge in [0.2, 0.25) is 0 Å². The van der Waals surface area contributed by atoms with Crippen molar-refractivity contribution in [1.82, 2.24) is 4.90 Å². The minimum absolute atomic E-state index is 0.0245. The van der Waals surface area contributed by atoms with Gasteiger partial charge in [-0.2, -0.15) is 5.26 Å². The summed E-state index contributed by atoms with van der Waals surface area (Å²) in [6, 6.07) is 25.2. The normalized spacial score (nSPS) is 20.4. The Bertz CT molecular complexity index is 1320. The Labute approximate surface area is 200 Å². The number of hydrogen-bond donors (Lipinski definition) is 0. The zero-order chi connectivity index (χ0) is 23.2. The summed E-state index contributed by atoms with van der Waals surface area (Å²) in [5.41, 5.74) is 8.94. The lowest BCUT2D eigenvalue weighted by Gasteiger charge is -2.34. The molecule has 3 aliphatic rings. The van der Waals surface area contributed by atoms with E-state index in [0.717, 1.165) is 30.4 Å². The molecule has 1 saturated heterocycles. The smallest absolute Gasteiger partial charge is 0.410 e. The van der Waals surface area contributed by atoms with Gasteiger partial charge in [-0.25, -0.2) is 4.79 Å². The Balaban J connectivity index is 1.22. The minimum atomic E-state index is -0.227. The van der Waals surface area contributed by atoms with Crippen LogP contribution in [0.2, 0.25) is 0 Å². The summed E-state index contributed by atoms with van der Waals surface area (Å²) in [5, 5.41) is 9.58. The van der Waals surface area contributed by atoms with Crippen LogP contribution < -0.4 is 0 Å². The minimum Gasteiger partial charge on any atom is -0.448 e. The van der Waals surface area contributed by atoms with E-state index in [-0.39, 0.29) is 24.1 Å². The van der Waals surface area contributed by atoms with Crippen molar-refractivity contribution in [2.45, 2.75) is 44.2 Å². The molecule has 2 atom stereocenters. The number of carbonyl (C=O) groups is 1. The van der Waals surface area contributed by atoms with Crippen LogP contribution >= 0.6 is 0 Å². The number of aryl methyl sites for hydroxylation is 1. The second kappa shape index (κ2) is 8.18. The summed E-state index contributed by atoms with van der Waals surface area (Å²) in [4.78, 5) is 15.2. The third-order valence-corrected chi connectivity index (χ3v) is 7.58. The molecule has 6 rings (SSSR count). The number of carbonyl (C=O) groups excluding carboxylic acids is 1. The quantitative estimate of drug-likeness (QED) is 0.465. The highest BCUT2D eigenvalue weighted by Gasteiger charge is 2.41. The maximum Gasteiger partial charge on any atom is 0.410 e. The Hall–Kier alpha value is -3.84. The van der Waals surface area contributed by atoms with Crippen LogP contribution in [-0.2, 0) is 4.74 Å². The fourth-order valence-corrected chi connectivity index (χ4v) is 6.00. The van der Waals surface area contributed by atoms with Gasteiger partial charge in [0.1, 0.15) is 6.61 Å². The molecular formula is C30H26N2O2. The Morgan fingerprint density at radius 2 is 1.71 bits per heavy atom. The van der Waals surface area contributed by atoms with Gasteiger partial charge in [0, 0.05) is 12.0 Å². The van der Waals surface area contributed by atoms with Crippen molar-refractivity contribution in [1.29, 1.82) is 5.26 Å². The Kier molecular flexibility index (Phi) is 4.99. The van der Waals surface area contributed by atoms with E-state index in [1.165, 1.54) is 27.8 Å². The van der Waals surface area contributed by atoms with Gasteiger partial charge >= 0.3 is 6.09 Å². The van der Waals surface area contributed by atoms with Crippen LogP contribution in [0.5, 0.6) is 0 Å². The van der Waals surface area contributed by atoms with Crippen molar-refractivity contribution < 1.29 is 9.53 Å². The van der Waals surface area contributed by atoms with Gasteiger partial charge in [-0.05, 0) is 65.6 Å². The van der Waals surface area contributed by atoms with Crippen LogP contribution in [0.1, 0.15) is 53.0 Å². The van der Waals surface area contributed by atoms with Crippen molar-refractivity contribution in [3.8, 4) is 17.2 Å². The number of amides is 1. The molecule has 3 aromatic rings. The van der Waals surface area contributed by atoms with E-state index < -0.39 is 0 Å². The lowest BCUT2D eigenvalue weighted by molar-refractivity contribution is 0.0866. The summed E-state index contributed by atoms with van der Waals surface area (Å²) in [5.74, 6) is 0.0652. The summed E-state index contributed by atoms with van der Waals surface area (Å²) in [6.45, 7) is 2.39. The second-order valence-corrected chi connectivity index (χ2v) is 9.57. The van der Waals surface area contributed by atoms with E-state index in [2.05, 4.69) is 66.7 Å². The molecule has 0 saturated carbocycles. The fraction of sp³-hybridized carbons (Fsp3) is 0.267. The Morgan fingerprint density at radius 3 is 2.38 bits per heavy atom. The van der Waals surface area contributed by atoms with E-state index in [1.807, 2.05) is 24.0 Å². The lowest BCUT2D eigenvalue weighted by atomic mass is 9.91. The topological polar surface area (TPSA) is 53.3 Å². The largest absolute Gasteiger partial charge is 0.448 e. The third kappa shape index (κ3) is 3.31. The maximum absolute atomic E-state index is 13.3. The van der Waals surface area contributed by atoms with Crippen molar-refractivity contribution in [3.05, 3.63) is 101 Å². The molecule has 2 aliphatic heterocycles. The van der Waals surface area contributed by atoms with E-state index in [1.54, 1.807) is 0 Å². The molecule has 2 bridgehead atoms. The molecule has 2 unspecified atom stereocenters. The number of benzene rings is 3. The van der Waals surface area contributed by atoms with Gasteiger partial charge in [0.05, 0.1) is 17.7 Å². The molecule has 2 heterocycles. The number of nitrogens with zero attached hydrogens (tertiary/aromatic N) is 2. The van der Waals surface area contributed by atoms with Crippen LogP contribution in [0.15, 0.2) is 72.8 Å². The SMILES string of the molecule is Cc1ccc(C#N)c(C2=CC3CCC(C2)N3C(=O)OCC2c3ccccc3-c3ccccc32)c1. The van der Waals surface area contributed by atoms with Gasteiger partial charge < -0.3 is 4.74 Å². The lowest BCUT2D eigenvalue weighted by Crippen LogP contribution is -2.43. The molecular weight excluding hydrogens is 420 g/mol. The van der Waals surface area contributed by atoms with Crippen LogP contribution in [0.3, 0.4) is 0 Å². The molecule has 1 fully saturated rings. The average molecular weight is 447 g/mol. The maximum atomic E-state index is 13.3. The second-order valence-electron chi connectivity index (χ2n) is 9.57. The number of hydrogen-bond acceptors (Lipinski definition) is 3. The first-order valence-corrected chi connectivity index (χ1v) is 12.0. The first kappa shape index (κ1) is 20.7. The highest BCUT2D eigenvalue weighted by molar-refractivity contribution is 5.80. The van der Waals surface area contributed by atoms with E-state index in [9.17, 15) is 10.1 Å². The number of ether oxygens (including phenoxy) is 1. The van der Waals surface area contributed by atoms with Crippen LogP contribution in [0, 0.1) is 18.3 Å². The van der Waals surface area contributed by atoms with Gasteiger partial charge in [-0.3, -0.25) is 4.90 Å². The van der Waals surface area contributed by atoms with Crippen molar-refractivity contribution in [2.75, 3.05) is 6.61 Å². The van der Waals surface area contributed by atoms with Crippen molar-refractivity contribution in [2.24, 2.45) is 0 Å². The zero-order valence-electron chi connectivity index (χ0n) is 19.2. The third-order valence-electron chi connectivity index (χ3n) is 7.58. The first-order valence-electron chi connectivity index (χ1n) is 12.0. The number of nitriles is 1. The Morgan fingerprint density at radius 1 is 1.00 bits per heavy atom. The number of fused-ring (bicyclic) bond motifs is 5. The molecule has 1 amide bonds. The summed E-state index contributed by atoms with van der Waals surface area (Å²) < 4.78 is 5.97. The van der Waals surface area contributed by atoms with E-state index >= 15 is 0 Å². The molecule has 4 nitrogen and oxygen atoms in total. The highest BCUT2D eigenvalue weighted by atomic mass is 16.6. The average Bonchev–Trinajstić information content (AvgIpc) is 3.33. The summed E-state index contributed by atoms with van der Waals surface area (Å²) >= 11 is 0. The van der Waals surface area contributed by atoms with Crippen LogP contribution in [-0.4, -0.2) is 29.7 Å². The summed E-state index contributed by atoms with van der Waals surface area (Å²) in [7, 11) is 0. The van der Waals surface area contributed by atoms with Crippen molar-refractivity contribution >= 4 is 11.7 Å². The van der Waals surface area contributed by atoms with Crippen LogP contribution in [0.25, 0.3) is 16.7 Å². The zero-order valence-corrected chi connectivity index (χ0v) is 19.2. The standard InChI is InChI=1S/C30H26N2O2/c1-19-10-11-20(17-31)28(14-19)21-15-22-12-13-23(16-21)32(22)30(33)34-18-29-26-8-4-2-6-24(26)25-7-3-5-9-27(25)29/h2-11,14-15,22-23,29H,12-13,16,18H2,1H3. The highest BCUT2D eigenvalue weighted by Crippen LogP contribution is 2.45. The molecule has 0 N–H and O–H groups in total. The van der Waals surface area contributed by atoms with Crippen LogP contribution in [0.4, 0.5) is 4.79 Å². The molecule has 0 spiro atoms. The summed E-state index contributed by atoms with van der Waals surface area (Å²) in [6.07, 6.45) is 4.61. The molecule has 1 aliphatic carbocycles. The van der Waals surface area contributed by atoms with Gasteiger partial charge in [0.15, 0.2) is 0 Å². The van der Waals surface area contributed by atoms with Gasteiger partial charge in [-0.1, -0.05) is 72.3 Å². The molecule has 168 valence electrons. The predicted molar refractivity (Wildman–Crippen MR) is 132 cm³/mol. The van der Waals surface area contributed by atoms with Gasteiger partial charge in [0.25, 0.3) is 0 Å². The van der Waals surface area contributed by atoms with E-state index in [0.29, 0.717) is 12.2 Å². The molecule has 0 radical (unpaired) electrons. The molecule has 0 aromatic heterocycles. The first-order chi connectivity index (χ1) is 16.6. The molecule has 4 heteroatoms. The van der Waals surface area contributed by atoms with Gasteiger partial charge in [-0.15, -0.1) is 0 Å². The number of rotatable bonds is 3.